The highest BCUT2D eigenvalue weighted by molar-refractivity contribution is 6.23. The molecule has 0 saturated heterocycles. The van der Waals surface area contributed by atoms with Crippen molar-refractivity contribution in [2.75, 3.05) is 9.80 Å². The Hall–Kier alpha value is -7.64. The Morgan fingerprint density at radius 1 is 0.492 bits per heavy atom. The maximum absolute atomic E-state index is 7.08. The van der Waals surface area contributed by atoms with Gasteiger partial charge in [0.25, 0.3) is 0 Å². The van der Waals surface area contributed by atoms with Gasteiger partial charge in [-0.05, 0) is 75.5 Å². The van der Waals surface area contributed by atoms with E-state index in [1.165, 1.54) is 22.3 Å². The van der Waals surface area contributed by atoms with Crippen molar-refractivity contribution < 1.29 is 4.42 Å². The minimum Gasteiger partial charge on any atom is -0.456 e. The lowest BCUT2D eigenvalue weighted by atomic mass is 9.85. The van der Waals surface area contributed by atoms with Crippen LogP contribution in [0.5, 0.6) is 0 Å². The second kappa shape index (κ2) is 13.9. The summed E-state index contributed by atoms with van der Waals surface area (Å²) in [5.74, 6) is 1.35. The highest BCUT2D eigenvalue weighted by Crippen LogP contribution is 2.51. The van der Waals surface area contributed by atoms with Gasteiger partial charge in [0.05, 0.1) is 34.7 Å². The van der Waals surface area contributed by atoms with Gasteiger partial charge in [-0.3, -0.25) is 14.8 Å². The van der Waals surface area contributed by atoms with Crippen LogP contribution in [-0.4, -0.2) is 19.9 Å². The average molecular weight is 845 g/mol. The smallest absolute Gasteiger partial charge is 0.234 e. The molecule has 7 aromatic carbocycles. The number of hydrogen-bond acceptors (Lipinski definition) is 7. The number of hydrogen-bond donors (Lipinski definition) is 0. The van der Waals surface area contributed by atoms with E-state index in [4.69, 9.17) is 24.4 Å². The van der Waals surface area contributed by atoms with E-state index in [1.807, 2.05) is 18.5 Å². The van der Waals surface area contributed by atoms with Crippen LogP contribution in [0.4, 0.5) is 34.5 Å². The van der Waals surface area contributed by atoms with E-state index in [0.717, 1.165) is 89.5 Å². The van der Waals surface area contributed by atoms with Crippen LogP contribution in [0.1, 0.15) is 76.5 Å². The van der Waals surface area contributed by atoms with Crippen LogP contribution in [0.3, 0.4) is 0 Å². The molecule has 10 aromatic rings. The molecule has 2 aliphatic carbocycles. The molecule has 0 spiro atoms. The number of anilines is 6. The average Bonchev–Trinajstić information content (AvgIpc) is 3.88. The Bertz CT molecular complexity index is 3550. The van der Waals surface area contributed by atoms with Crippen LogP contribution in [0.2, 0.25) is 0 Å². The molecule has 3 heterocycles. The van der Waals surface area contributed by atoms with Gasteiger partial charge in [-0.2, -0.15) is 0 Å². The predicted molar refractivity (Wildman–Crippen MR) is 266 cm³/mol. The standard InChI is InChI=1S/C58H48N6O/c1-56(2,3)35-26-28-40-43(30-35)51-42-29-27-38(63(36-18-10-8-11-19-36)55-60-33-44-39-22-14-16-24-45(39)57(4,5)53(44)62-55)31-48(42)65-49(51)32-47(40)64(37-20-12-9-13-21-37)50-34-59-52-41-23-15-17-25-46(41)58(6,7)54(52)61-50/h8-34H,1-7H3. The minimum absolute atomic E-state index is 0.0869. The lowest BCUT2D eigenvalue weighted by molar-refractivity contribution is 0.591. The van der Waals surface area contributed by atoms with Crippen molar-refractivity contribution >= 4 is 67.2 Å². The van der Waals surface area contributed by atoms with Crippen molar-refractivity contribution in [2.45, 2.75) is 64.7 Å². The molecule has 0 unspecified atom stereocenters. The minimum atomic E-state index is -0.318. The summed E-state index contributed by atoms with van der Waals surface area (Å²) >= 11 is 0. The quantitative estimate of drug-likeness (QED) is 0.165. The number of rotatable bonds is 6. The van der Waals surface area contributed by atoms with Crippen LogP contribution in [0, 0.1) is 0 Å². The number of para-hydroxylation sites is 2. The molecule has 0 N–H and O–H groups in total. The van der Waals surface area contributed by atoms with Gasteiger partial charge in [-0.15, -0.1) is 0 Å². The molecule has 3 aromatic heterocycles. The Labute approximate surface area is 379 Å². The van der Waals surface area contributed by atoms with Crippen LogP contribution in [0.15, 0.2) is 168 Å². The lowest BCUT2D eigenvalue weighted by Gasteiger charge is -2.28. The van der Waals surface area contributed by atoms with Gasteiger partial charge in [0.15, 0.2) is 5.82 Å². The zero-order valence-electron chi connectivity index (χ0n) is 37.7. The summed E-state index contributed by atoms with van der Waals surface area (Å²) in [5.41, 5.74) is 14.8. The molecule has 0 fully saturated rings. The van der Waals surface area contributed by atoms with E-state index < -0.39 is 0 Å². The zero-order chi connectivity index (χ0) is 44.4. The molecule has 0 bridgehead atoms. The van der Waals surface area contributed by atoms with E-state index in [2.05, 4.69) is 204 Å². The second-order valence-electron chi connectivity index (χ2n) is 19.6. The van der Waals surface area contributed by atoms with Crippen LogP contribution in [0.25, 0.3) is 55.1 Å². The maximum Gasteiger partial charge on any atom is 0.234 e. The second-order valence-corrected chi connectivity index (χ2v) is 19.6. The topological polar surface area (TPSA) is 71.2 Å². The Kier molecular flexibility index (Phi) is 8.35. The van der Waals surface area contributed by atoms with Crippen molar-refractivity contribution in [3.63, 3.8) is 0 Å². The molecule has 0 atom stereocenters. The molecule has 0 saturated carbocycles. The van der Waals surface area contributed by atoms with Crippen LogP contribution in [-0.2, 0) is 16.2 Å². The first-order chi connectivity index (χ1) is 31.4. The van der Waals surface area contributed by atoms with Crippen molar-refractivity contribution in [1.29, 1.82) is 0 Å². The third-order valence-corrected chi connectivity index (χ3v) is 13.8. The predicted octanol–water partition coefficient (Wildman–Crippen LogP) is 15.2. The third-order valence-electron chi connectivity index (χ3n) is 13.8. The number of furan rings is 1. The monoisotopic (exact) mass is 844 g/mol. The van der Waals surface area contributed by atoms with Gasteiger partial charge in [0, 0.05) is 67.8 Å². The third kappa shape index (κ3) is 5.88. The summed E-state index contributed by atoms with van der Waals surface area (Å²) in [6.45, 7) is 15.8. The summed E-state index contributed by atoms with van der Waals surface area (Å²) in [6.07, 6.45) is 3.92. The molecule has 7 heteroatoms. The summed E-state index contributed by atoms with van der Waals surface area (Å²) in [5, 5.41) is 4.31. The SMILES string of the molecule is CC(C)(C)c1ccc2c(N(c3ccccc3)c3cnc4c(n3)C(C)(C)c3ccccc3-4)cc3oc4cc(N(c5ccccc5)c5ncc6c(n5)C(C)(C)c5ccccc5-6)ccc4c3c2c1. The van der Waals surface area contributed by atoms with Gasteiger partial charge in [0.2, 0.25) is 5.95 Å². The van der Waals surface area contributed by atoms with Crippen molar-refractivity contribution in [3.8, 4) is 22.4 Å². The maximum atomic E-state index is 7.08. The molecular formula is C58H48N6O. The Morgan fingerprint density at radius 2 is 1.12 bits per heavy atom. The van der Waals surface area contributed by atoms with E-state index >= 15 is 0 Å². The number of aromatic nitrogens is 4. The van der Waals surface area contributed by atoms with Crippen LogP contribution < -0.4 is 9.80 Å². The molecule has 7 nitrogen and oxygen atoms in total. The molecule has 0 amide bonds. The van der Waals surface area contributed by atoms with Gasteiger partial charge < -0.3 is 4.42 Å². The first-order valence-corrected chi connectivity index (χ1v) is 22.5. The van der Waals surface area contributed by atoms with Gasteiger partial charge in [-0.1, -0.05) is 146 Å². The van der Waals surface area contributed by atoms with Crippen LogP contribution >= 0.6 is 0 Å². The van der Waals surface area contributed by atoms with E-state index in [-0.39, 0.29) is 16.2 Å². The van der Waals surface area contributed by atoms with Gasteiger partial charge in [-0.25, -0.2) is 15.0 Å². The molecule has 316 valence electrons. The fourth-order valence-electron chi connectivity index (χ4n) is 10.4. The van der Waals surface area contributed by atoms with Crippen molar-refractivity contribution in [3.05, 3.63) is 192 Å². The first-order valence-electron chi connectivity index (χ1n) is 22.5. The fraction of sp³-hybridized carbons (Fsp3) is 0.172. The molecule has 0 aliphatic heterocycles. The molecule has 0 radical (unpaired) electrons. The molecule has 2 aliphatic rings. The Morgan fingerprint density at radius 3 is 1.85 bits per heavy atom. The molecule has 12 rings (SSSR count). The van der Waals surface area contributed by atoms with Crippen molar-refractivity contribution in [2.24, 2.45) is 0 Å². The number of benzene rings is 7. The highest BCUT2D eigenvalue weighted by atomic mass is 16.3. The highest BCUT2D eigenvalue weighted by Gasteiger charge is 2.40. The van der Waals surface area contributed by atoms with Gasteiger partial charge >= 0.3 is 0 Å². The number of fused-ring (bicyclic) bond motifs is 11. The largest absolute Gasteiger partial charge is 0.456 e. The fourth-order valence-corrected chi connectivity index (χ4v) is 10.4. The summed E-state index contributed by atoms with van der Waals surface area (Å²) < 4.78 is 7.08. The normalized spacial score (nSPS) is 14.3. The Balaban J connectivity index is 1.07. The van der Waals surface area contributed by atoms with E-state index in [0.29, 0.717) is 5.95 Å². The lowest BCUT2D eigenvalue weighted by Crippen LogP contribution is -2.20. The van der Waals surface area contributed by atoms with E-state index in [1.54, 1.807) is 0 Å². The first kappa shape index (κ1) is 39.0. The summed E-state index contributed by atoms with van der Waals surface area (Å²) in [6, 6.07) is 53.6. The summed E-state index contributed by atoms with van der Waals surface area (Å²) in [4.78, 5) is 25.5. The number of nitrogens with zero attached hydrogens (tertiary/aromatic N) is 6. The van der Waals surface area contributed by atoms with Crippen molar-refractivity contribution in [1.82, 2.24) is 19.9 Å². The molecule has 65 heavy (non-hydrogen) atoms. The zero-order valence-corrected chi connectivity index (χ0v) is 37.7. The molecular weight excluding hydrogens is 797 g/mol. The summed E-state index contributed by atoms with van der Waals surface area (Å²) in [7, 11) is 0. The van der Waals surface area contributed by atoms with Gasteiger partial charge in [0.1, 0.15) is 11.2 Å². The van der Waals surface area contributed by atoms with E-state index in [9.17, 15) is 0 Å².